The fourth-order valence-corrected chi connectivity index (χ4v) is 2.45. The third-order valence-corrected chi connectivity index (χ3v) is 3.97. The number of benzene rings is 1. The molecular weight excluding hydrogens is 283 g/mol. The van der Waals surface area contributed by atoms with Crippen LogP contribution in [0.3, 0.4) is 0 Å². The lowest BCUT2D eigenvalue weighted by Gasteiger charge is -2.17. The number of hydrogen-bond donors (Lipinski definition) is 1. The first-order valence-corrected chi connectivity index (χ1v) is 7.37. The second kappa shape index (κ2) is 4.93. The zero-order valence-electron chi connectivity index (χ0n) is 12.9. The van der Waals surface area contributed by atoms with Gasteiger partial charge in [0.15, 0.2) is 5.69 Å². The number of carbonyl (C=O) groups is 1. The normalized spacial score (nSPS) is 16.4. The second-order valence-electron chi connectivity index (χ2n) is 6.84. The van der Waals surface area contributed by atoms with Gasteiger partial charge in [-0.1, -0.05) is 44.1 Å². The van der Waals surface area contributed by atoms with Crippen LogP contribution < -0.4 is 5.32 Å². The molecule has 0 saturated heterocycles. The molecular formula is C17H19FN2O2. The van der Waals surface area contributed by atoms with Crippen molar-refractivity contribution in [1.29, 1.82) is 0 Å². The number of hydrogen-bond acceptors (Lipinski definition) is 3. The molecule has 0 atom stereocenters. The first-order valence-electron chi connectivity index (χ1n) is 7.37. The molecule has 0 spiro atoms. The Labute approximate surface area is 128 Å². The lowest BCUT2D eigenvalue weighted by molar-refractivity contribution is 0.0920. The van der Waals surface area contributed by atoms with Gasteiger partial charge in [-0.15, -0.1) is 0 Å². The summed E-state index contributed by atoms with van der Waals surface area (Å²) in [6, 6.07) is 8.19. The number of halogens is 1. The Morgan fingerprint density at radius 1 is 1.32 bits per heavy atom. The number of nitrogens with one attached hydrogen (secondary N) is 1. The van der Waals surface area contributed by atoms with E-state index in [0.29, 0.717) is 11.3 Å². The van der Waals surface area contributed by atoms with Gasteiger partial charge in [0, 0.05) is 17.0 Å². The van der Waals surface area contributed by atoms with E-state index in [1.807, 2.05) is 20.8 Å². The molecule has 1 aliphatic carbocycles. The van der Waals surface area contributed by atoms with E-state index in [9.17, 15) is 9.18 Å². The van der Waals surface area contributed by atoms with Gasteiger partial charge in [-0.3, -0.25) is 4.79 Å². The Balaban J connectivity index is 1.80. The van der Waals surface area contributed by atoms with Crippen molar-refractivity contribution in [2.24, 2.45) is 0 Å². The van der Waals surface area contributed by atoms with E-state index < -0.39 is 5.54 Å². The highest BCUT2D eigenvalue weighted by Gasteiger charge is 2.47. The summed E-state index contributed by atoms with van der Waals surface area (Å²) in [7, 11) is 0. The smallest absolute Gasteiger partial charge is 0.274 e. The van der Waals surface area contributed by atoms with Gasteiger partial charge >= 0.3 is 0 Å². The minimum atomic E-state index is -0.608. The zero-order valence-corrected chi connectivity index (χ0v) is 12.9. The van der Waals surface area contributed by atoms with E-state index in [4.69, 9.17) is 4.52 Å². The SMILES string of the molecule is CC(C)(C)c1cc(C(=O)NC2(c3ccccc3F)CC2)no1. The maximum Gasteiger partial charge on any atom is 0.274 e. The molecule has 2 aromatic rings. The maximum atomic E-state index is 14.0. The summed E-state index contributed by atoms with van der Waals surface area (Å²) in [5.74, 6) is 0.0178. The molecule has 1 amide bonds. The molecule has 1 N–H and O–H groups in total. The van der Waals surface area contributed by atoms with Crippen molar-refractivity contribution in [3.05, 3.63) is 53.2 Å². The Hall–Kier alpha value is -2.17. The van der Waals surface area contributed by atoms with Crippen molar-refractivity contribution < 1.29 is 13.7 Å². The van der Waals surface area contributed by atoms with E-state index >= 15 is 0 Å². The third-order valence-electron chi connectivity index (χ3n) is 3.97. The van der Waals surface area contributed by atoms with Crippen molar-refractivity contribution in [3.8, 4) is 0 Å². The van der Waals surface area contributed by atoms with Gasteiger partial charge in [0.05, 0.1) is 5.54 Å². The second-order valence-corrected chi connectivity index (χ2v) is 6.84. The summed E-state index contributed by atoms with van der Waals surface area (Å²) in [6.07, 6.45) is 1.45. The van der Waals surface area contributed by atoms with Crippen LogP contribution in [0.1, 0.15) is 55.4 Å². The van der Waals surface area contributed by atoms with Crippen molar-refractivity contribution in [1.82, 2.24) is 10.5 Å². The van der Waals surface area contributed by atoms with Crippen LogP contribution in [0.2, 0.25) is 0 Å². The number of aromatic nitrogens is 1. The Kier molecular flexibility index (Phi) is 3.31. The van der Waals surface area contributed by atoms with Crippen molar-refractivity contribution in [2.45, 2.75) is 44.6 Å². The van der Waals surface area contributed by atoms with Gasteiger partial charge in [0.1, 0.15) is 11.6 Å². The largest absolute Gasteiger partial charge is 0.360 e. The van der Waals surface area contributed by atoms with Crippen LogP contribution in [0.15, 0.2) is 34.9 Å². The number of amides is 1. The van der Waals surface area contributed by atoms with Crippen molar-refractivity contribution >= 4 is 5.91 Å². The number of rotatable bonds is 3. The lowest BCUT2D eigenvalue weighted by atomic mass is 9.93. The molecule has 1 fully saturated rings. The highest BCUT2D eigenvalue weighted by Crippen LogP contribution is 2.46. The van der Waals surface area contributed by atoms with Gasteiger partial charge < -0.3 is 9.84 Å². The molecule has 1 saturated carbocycles. The summed E-state index contributed by atoms with van der Waals surface area (Å²) in [6.45, 7) is 5.95. The van der Waals surface area contributed by atoms with Crippen LogP contribution in [0.4, 0.5) is 4.39 Å². The van der Waals surface area contributed by atoms with Gasteiger partial charge in [0.25, 0.3) is 5.91 Å². The van der Waals surface area contributed by atoms with Crippen LogP contribution in [-0.2, 0) is 11.0 Å². The Morgan fingerprint density at radius 3 is 2.55 bits per heavy atom. The van der Waals surface area contributed by atoms with E-state index in [1.54, 1.807) is 24.3 Å². The topological polar surface area (TPSA) is 55.1 Å². The maximum absolute atomic E-state index is 14.0. The third kappa shape index (κ3) is 2.63. The number of nitrogens with zero attached hydrogens (tertiary/aromatic N) is 1. The summed E-state index contributed by atoms with van der Waals surface area (Å²) in [5.41, 5.74) is -0.0622. The fraction of sp³-hybridized carbons (Fsp3) is 0.412. The number of carbonyl (C=O) groups excluding carboxylic acids is 1. The van der Waals surface area contributed by atoms with E-state index in [0.717, 1.165) is 12.8 Å². The molecule has 22 heavy (non-hydrogen) atoms. The van der Waals surface area contributed by atoms with Crippen molar-refractivity contribution in [2.75, 3.05) is 0 Å². The van der Waals surface area contributed by atoms with Crippen LogP contribution in [0.25, 0.3) is 0 Å². The van der Waals surface area contributed by atoms with Crippen LogP contribution in [0, 0.1) is 5.82 Å². The van der Waals surface area contributed by atoms with Gasteiger partial charge in [-0.2, -0.15) is 0 Å². The van der Waals surface area contributed by atoms with E-state index in [1.165, 1.54) is 6.07 Å². The van der Waals surface area contributed by atoms with Crippen molar-refractivity contribution in [3.63, 3.8) is 0 Å². The standard InChI is InChI=1S/C17H19FN2O2/c1-16(2,3)14-10-13(20-22-14)15(21)19-17(8-9-17)11-6-4-5-7-12(11)18/h4-7,10H,8-9H2,1-3H3,(H,19,21). The van der Waals surface area contributed by atoms with Gasteiger partial charge in [-0.05, 0) is 18.9 Å². The molecule has 0 bridgehead atoms. The molecule has 1 aromatic heterocycles. The predicted octanol–water partition coefficient (Wildman–Crippen LogP) is 3.53. The highest BCUT2D eigenvalue weighted by molar-refractivity contribution is 5.93. The van der Waals surface area contributed by atoms with E-state index in [-0.39, 0.29) is 22.8 Å². The van der Waals surface area contributed by atoms with Gasteiger partial charge in [-0.25, -0.2) is 4.39 Å². The first kappa shape index (κ1) is 14.8. The molecule has 1 aromatic carbocycles. The molecule has 1 aliphatic rings. The van der Waals surface area contributed by atoms with Crippen LogP contribution in [-0.4, -0.2) is 11.1 Å². The molecule has 0 unspecified atom stereocenters. The monoisotopic (exact) mass is 302 g/mol. The highest BCUT2D eigenvalue weighted by atomic mass is 19.1. The minimum Gasteiger partial charge on any atom is -0.360 e. The molecule has 4 nitrogen and oxygen atoms in total. The first-order chi connectivity index (χ1) is 10.3. The summed E-state index contributed by atoms with van der Waals surface area (Å²) in [4.78, 5) is 12.4. The quantitative estimate of drug-likeness (QED) is 0.943. The van der Waals surface area contributed by atoms with Crippen LogP contribution >= 0.6 is 0 Å². The van der Waals surface area contributed by atoms with E-state index in [2.05, 4.69) is 10.5 Å². The predicted molar refractivity (Wildman–Crippen MR) is 80.0 cm³/mol. The average Bonchev–Trinajstić information content (AvgIpc) is 3.03. The summed E-state index contributed by atoms with van der Waals surface area (Å²) < 4.78 is 19.2. The summed E-state index contributed by atoms with van der Waals surface area (Å²) >= 11 is 0. The zero-order chi connectivity index (χ0) is 16.0. The van der Waals surface area contributed by atoms with Crippen LogP contribution in [0.5, 0.6) is 0 Å². The van der Waals surface area contributed by atoms with Gasteiger partial charge in [0.2, 0.25) is 0 Å². The molecule has 0 radical (unpaired) electrons. The molecule has 5 heteroatoms. The Morgan fingerprint density at radius 2 is 2.00 bits per heavy atom. The molecule has 116 valence electrons. The lowest BCUT2D eigenvalue weighted by Crippen LogP contribution is -2.35. The summed E-state index contributed by atoms with van der Waals surface area (Å²) in [5, 5.41) is 6.73. The average molecular weight is 302 g/mol. The molecule has 0 aliphatic heterocycles. The minimum absolute atomic E-state index is 0.214. The Bertz CT molecular complexity index is 711. The molecule has 3 rings (SSSR count). The molecule has 1 heterocycles. The fourth-order valence-electron chi connectivity index (χ4n) is 2.45.